The number of halogens is 2. The average molecular weight is 586 g/mol. The Bertz CT molecular complexity index is 892. The van der Waals surface area contributed by atoms with E-state index in [1.807, 2.05) is 44.2 Å². The Balaban J connectivity index is 2.21. The molecule has 0 fully saturated rings. The summed E-state index contributed by atoms with van der Waals surface area (Å²) in [5.41, 5.74) is 3.19. The highest BCUT2D eigenvalue weighted by molar-refractivity contribution is 14.1. The number of benzene rings is 2. The van der Waals surface area contributed by atoms with Gasteiger partial charge in [0.15, 0.2) is 0 Å². The van der Waals surface area contributed by atoms with Gasteiger partial charge in [0.2, 0.25) is 0 Å². The van der Waals surface area contributed by atoms with E-state index >= 15 is 0 Å². The van der Waals surface area contributed by atoms with E-state index in [4.69, 9.17) is 4.74 Å². The Labute approximate surface area is 187 Å². The third kappa shape index (κ3) is 6.50. The number of carbonyl (C=O) groups is 1. The molecule has 0 aliphatic carbocycles. The van der Waals surface area contributed by atoms with Gasteiger partial charge in [-0.2, -0.15) is 5.26 Å². The highest BCUT2D eigenvalue weighted by atomic mass is 127. The predicted molar refractivity (Wildman–Crippen MR) is 124 cm³/mol. The largest absolute Gasteiger partial charge is 0.487 e. The van der Waals surface area contributed by atoms with Crippen molar-refractivity contribution in [2.45, 2.75) is 33.4 Å². The number of nitrogens with zero attached hydrogens (tertiary/aromatic N) is 1. The van der Waals surface area contributed by atoms with Gasteiger partial charge >= 0.3 is 0 Å². The minimum atomic E-state index is -0.364. The number of amides is 1. The topological polar surface area (TPSA) is 62.1 Å². The van der Waals surface area contributed by atoms with Crippen LogP contribution in [0, 0.1) is 25.4 Å². The maximum atomic E-state index is 12.1. The molecule has 1 amide bonds. The molecule has 0 atom stereocenters. The summed E-state index contributed by atoms with van der Waals surface area (Å²) in [6.07, 6.45) is 1.60. The van der Waals surface area contributed by atoms with Gasteiger partial charge in [0.05, 0.1) is 7.14 Å². The number of nitriles is 1. The molecule has 0 spiro atoms. The molecule has 0 bridgehead atoms. The van der Waals surface area contributed by atoms with Gasteiger partial charge in [-0.1, -0.05) is 29.8 Å². The second-order valence-electron chi connectivity index (χ2n) is 6.39. The lowest BCUT2D eigenvalue weighted by molar-refractivity contribution is -0.117. The molecule has 0 aromatic heterocycles. The molecule has 140 valence electrons. The zero-order valence-electron chi connectivity index (χ0n) is 15.3. The van der Waals surface area contributed by atoms with Crippen molar-refractivity contribution in [3.05, 3.63) is 65.8 Å². The SMILES string of the molecule is Cc1cccc(COc2c(I)cc(/C=C(/C#N)C(=O)NC(C)C)cc2I)c1. The molecule has 2 rings (SSSR count). The molecule has 0 saturated carbocycles. The van der Waals surface area contributed by atoms with Crippen molar-refractivity contribution in [2.24, 2.45) is 0 Å². The fourth-order valence-electron chi connectivity index (χ4n) is 2.41. The van der Waals surface area contributed by atoms with Crippen LogP contribution in [0.1, 0.15) is 30.5 Å². The van der Waals surface area contributed by atoms with Crippen LogP contribution in [0.25, 0.3) is 6.08 Å². The van der Waals surface area contributed by atoms with Crippen LogP contribution in [-0.4, -0.2) is 11.9 Å². The molecule has 0 unspecified atom stereocenters. The summed E-state index contributed by atoms with van der Waals surface area (Å²) in [7, 11) is 0. The number of carbonyl (C=O) groups excluding carboxylic acids is 1. The molecule has 0 saturated heterocycles. The molecule has 27 heavy (non-hydrogen) atoms. The summed E-state index contributed by atoms with van der Waals surface area (Å²) >= 11 is 4.43. The first-order valence-corrected chi connectivity index (χ1v) is 10.6. The van der Waals surface area contributed by atoms with Crippen LogP contribution in [0.15, 0.2) is 42.0 Å². The third-order valence-corrected chi connectivity index (χ3v) is 5.18. The quantitative estimate of drug-likeness (QED) is 0.287. The van der Waals surface area contributed by atoms with Gasteiger partial charge in [-0.25, -0.2) is 0 Å². The third-order valence-electron chi connectivity index (χ3n) is 3.58. The lowest BCUT2D eigenvalue weighted by Crippen LogP contribution is -2.30. The Morgan fingerprint density at radius 3 is 2.48 bits per heavy atom. The lowest BCUT2D eigenvalue weighted by atomic mass is 10.1. The minimum Gasteiger partial charge on any atom is -0.487 e. The smallest absolute Gasteiger partial charge is 0.262 e. The van der Waals surface area contributed by atoms with Gasteiger partial charge in [0.1, 0.15) is 24.0 Å². The number of aryl methyl sites for hydroxylation is 1. The monoisotopic (exact) mass is 586 g/mol. The van der Waals surface area contributed by atoms with Gasteiger partial charge in [-0.05, 0) is 95.3 Å². The van der Waals surface area contributed by atoms with Crippen molar-refractivity contribution >= 4 is 57.2 Å². The second kappa shape index (κ2) is 10.1. The molecule has 2 aromatic carbocycles. The predicted octanol–water partition coefficient (Wildman–Crippen LogP) is 5.21. The Hall–Kier alpha value is -1.60. The molecular formula is C21H20I2N2O2. The molecule has 2 aromatic rings. The van der Waals surface area contributed by atoms with Gasteiger partial charge in [0, 0.05) is 6.04 Å². The molecule has 1 N–H and O–H groups in total. The van der Waals surface area contributed by atoms with E-state index in [1.165, 1.54) is 5.56 Å². The van der Waals surface area contributed by atoms with Crippen molar-refractivity contribution in [3.63, 3.8) is 0 Å². The summed E-state index contributed by atoms with van der Waals surface area (Å²) < 4.78 is 7.88. The normalized spacial score (nSPS) is 11.2. The van der Waals surface area contributed by atoms with Gasteiger partial charge < -0.3 is 10.1 Å². The molecule has 0 aliphatic heterocycles. The van der Waals surface area contributed by atoms with Crippen LogP contribution in [0.2, 0.25) is 0 Å². The highest BCUT2D eigenvalue weighted by Crippen LogP contribution is 2.30. The molecule has 0 aliphatic rings. The molecule has 4 nitrogen and oxygen atoms in total. The molecule has 0 heterocycles. The van der Waals surface area contributed by atoms with Crippen molar-refractivity contribution in [1.82, 2.24) is 5.32 Å². The first-order chi connectivity index (χ1) is 12.8. The fourth-order valence-corrected chi connectivity index (χ4v) is 4.54. The second-order valence-corrected chi connectivity index (χ2v) is 8.71. The summed E-state index contributed by atoms with van der Waals surface area (Å²) in [6, 6.07) is 14.0. The summed E-state index contributed by atoms with van der Waals surface area (Å²) in [5.74, 6) is 0.442. The Morgan fingerprint density at radius 2 is 1.93 bits per heavy atom. The van der Waals surface area contributed by atoms with E-state index in [0.29, 0.717) is 6.61 Å². The maximum Gasteiger partial charge on any atom is 0.262 e. The maximum absolute atomic E-state index is 12.1. The lowest BCUT2D eigenvalue weighted by Gasteiger charge is -2.12. The first kappa shape index (κ1) is 21.7. The molecule has 6 heteroatoms. The number of hydrogen-bond acceptors (Lipinski definition) is 3. The van der Waals surface area contributed by atoms with Crippen LogP contribution >= 0.6 is 45.2 Å². The van der Waals surface area contributed by atoms with Crippen LogP contribution < -0.4 is 10.1 Å². The van der Waals surface area contributed by atoms with Crippen LogP contribution in [0.5, 0.6) is 5.75 Å². The fraction of sp³-hybridized carbons (Fsp3) is 0.238. The van der Waals surface area contributed by atoms with Gasteiger partial charge in [-0.3, -0.25) is 4.79 Å². The van der Waals surface area contributed by atoms with E-state index in [9.17, 15) is 10.1 Å². The van der Waals surface area contributed by atoms with Crippen LogP contribution in [0.3, 0.4) is 0 Å². The van der Waals surface area contributed by atoms with Gasteiger partial charge in [-0.15, -0.1) is 0 Å². The number of rotatable bonds is 6. The molecular weight excluding hydrogens is 566 g/mol. The van der Waals surface area contributed by atoms with E-state index in [0.717, 1.165) is 24.0 Å². The Morgan fingerprint density at radius 1 is 1.26 bits per heavy atom. The van der Waals surface area contributed by atoms with Crippen molar-refractivity contribution in [3.8, 4) is 11.8 Å². The van der Waals surface area contributed by atoms with Crippen molar-refractivity contribution in [1.29, 1.82) is 5.26 Å². The average Bonchev–Trinajstić information content (AvgIpc) is 2.58. The Kier molecular flexibility index (Phi) is 8.10. The number of nitrogens with one attached hydrogen (secondary N) is 1. The zero-order chi connectivity index (χ0) is 20.0. The summed E-state index contributed by atoms with van der Waals surface area (Å²) in [6.45, 7) is 6.27. The van der Waals surface area contributed by atoms with Crippen LogP contribution in [0.4, 0.5) is 0 Å². The summed E-state index contributed by atoms with van der Waals surface area (Å²) in [5, 5.41) is 12.0. The standard InChI is InChI=1S/C21H20I2N2O2/c1-13(2)25-21(26)17(11-24)8-16-9-18(22)20(19(23)10-16)27-12-15-6-4-5-14(3)7-15/h4-10,13H,12H2,1-3H3,(H,25,26)/b17-8-. The zero-order valence-corrected chi connectivity index (χ0v) is 19.7. The molecule has 0 radical (unpaired) electrons. The van der Waals surface area contributed by atoms with E-state index in [1.54, 1.807) is 6.08 Å². The van der Waals surface area contributed by atoms with E-state index < -0.39 is 0 Å². The summed E-state index contributed by atoms with van der Waals surface area (Å²) in [4.78, 5) is 12.1. The first-order valence-electron chi connectivity index (χ1n) is 8.40. The van der Waals surface area contributed by atoms with Crippen molar-refractivity contribution in [2.75, 3.05) is 0 Å². The van der Waals surface area contributed by atoms with E-state index in [2.05, 4.69) is 69.6 Å². The number of ether oxygens (including phenoxy) is 1. The minimum absolute atomic E-state index is 0.0214. The van der Waals surface area contributed by atoms with Gasteiger partial charge in [0.25, 0.3) is 5.91 Å². The highest BCUT2D eigenvalue weighted by Gasteiger charge is 2.13. The van der Waals surface area contributed by atoms with Crippen LogP contribution in [-0.2, 0) is 11.4 Å². The van der Waals surface area contributed by atoms with Crippen molar-refractivity contribution < 1.29 is 9.53 Å². The number of hydrogen-bond donors (Lipinski definition) is 1. The van der Waals surface area contributed by atoms with E-state index in [-0.39, 0.29) is 17.5 Å².